The number of nitrogens with two attached hydrogens (primary N) is 1. The third-order valence-corrected chi connectivity index (χ3v) is 3.77. The summed E-state index contributed by atoms with van der Waals surface area (Å²) in [5.41, 5.74) is 5.79. The molecule has 1 atom stereocenters. The highest BCUT2D eigenvalue weighted by Gasteiger charge is 2.32. The molecule has 1 unspecified atom stereocenters. The maximum absolute atomic E-state index is 13.9. The summed E-state index contributed by atoms with van der Waals surface area (Å²) in [7, 11) is 0. The Labute approximate surface area is 120 Å². The molecule has 1 nitrogen and oxygen atoms in total. The highest BCUT2D eigenvalue weighted by Crippen LogP contribution is 2.36. The Balaban J connectivity index is 2.45. The first-order valence-corrected chi connectivity index (χ1v) is 6.40. The minimum Gasteiger partial charge on any atom is -0.323 e. The van der Waals surface area contributed by atoms with Crippen LogP contribution in [-0.2, 0) is 5.41 Å². The largest absolute Gasteiger partial charge is 0.323 e. The average Bonchev–Trinajstić information content (AvgIpc) is 2.45. The third kappa shape index (κ3) is 2.78. The van der Waals surface area contributed by atoms with Gasteiger partial charge in [0.2, 0.25) is 0 Å². The number of rotatable bonds is 3. The van der Waals surface area contributed by atoms with Gasteiger partial charge in [-0.05, 0) is 23.8 Å². The Morgan fingerprint density at radius 3 is 2.00 bits per heavy atom. The first-order valence-electron chi connectivity index (χ1n) is 6.40. The maximum Gasteiger partial charge on any atom is 0.194 e. The molecule has 2 N–H and O–H groups in total. The second kappa shape index (κ2) is 5.48. The van der Waals surface area contributed by atoms with Crippen molar-refractivity contribution in [1.29, 1.82) is 0 Å². The van der Waals surface area contributed by atoms with E-state index in [2.05, 4.69) is 0 Å². The van der Waals surface area contributed by atoms with Crippen molar-refractivity contribution in [1.82, 2.24) is 0 Å². The second-order valence-corrected chi connectivity index (χ2v) is 5.47. The molecular weight excluding hydrogens is 282 g/mol. The molecule has 21 heavy (non-hydrogen) atoms. The normalized spacial score (nSPS) is 13.3. The van der Waals surface area contributed by atoms with Crippen LogP contribution < -0.4 is 5.73 Å². The molecule has 0 spiro atoms. The van der Waals surface area contributed by atoms with Gasteiger partial charge >= 0.3 is 0 Å². The summed E-state index contributed by atoms with van der Waals surface area (Å²) in [6.07, 6.45) is 0. The van der Waals surface area contributed by atoms with Gasteiger partial charge in [-0.3, -0.25) is 0 Å². The van der Waals surface area contributed by atoms with Gasteiger partial charge in [-0.1, -0.05) is 32.0 Å². The number of hydrogen-bond donors (Lipinski definition) is 1. The van der Waals surface area contributed by atoms with E-state index >= 15 is 0 Å². The summed E-state index contributed by atoms with van der Waals surface area (Å²) in [6.45, 7) is 3.46. The van der Waals surface area contributed by atoms with Crippen LogP contribution in [0.25, 0.3) is 0 Å². The molecule has 0 aliphatic heterocycles. The van der Waals surface area contributed by atoms with E-state index in [4.69, 9.17) is 5.73 Å². The van der Waals surface area contributed by atoms with Crippen LogP contribution in [0.5, 0.6) is 0 Å². The lowest BCUT2D eigenvalue weighted by molar-refractivity contribution is 0.385. The van der Waals surface area contributed by atoms with Gasteiger partial charge in [-0.25, -0.2) is 17.6 Å². The lowest BCUT2D eigenvalue weighted by atomic mass is 9.75. The monoisotopic (exact) mass is 297 g/mol. The van der Waals surface area contributed by atoms with Crippen molar-refractivity contribution in [2.75, 3.05) is 0 Å². The highest BCUT2D eigenvalue weighted by atomic mass is 19.2. The number of hydrogen-bond acceptors (Lipinski definition) is 1. The van der Waals surface area contributed by atoms with Gasteiger partial charge in [0.05, 0.1) is 0 Å². The lowest BCUT2D eigenvalue weighted by Gasteiger charge is -2.32. The number of benzene rings is 2. The van der Waals surface area contributed by atoms with E-state index < -0.39 is 34.7 Å². The van der Waals surface area contributed by atoms with E-state index in [1.54, 1.807) is 13.8 Å². The van der Waals surface area contributed by atoms with E-state index in [-0.39, 0.29) is 5.56 Å². The molecule has 0 aliphatic rings. The molecule has 0 aromatic heterocycles. The van der Waals surface area contributed by atoms with Gasteiger partial charge in [0.25, 0.3) is 0 Å². The molecule has 0 saturated carbocycles. The predicted octanol–water partition coefficient (Wildman–Crippen LogP) is 4.22. The van der Waals surface area contributed by atoms with E-state index in [0.29, 0.717) is 5.56 Å². The molecule has 2 aromatic carbocycles. The van der Waals surface area contributed by atoms with Crippen molar-refractivity contribution in [3.63, 3.8) is 0 Å². The van der Waals surface area contributed by atoms with Crippen LogP contribution in [0.3, 0.4) is 0 Å². The Bertz CT molecular complexity index is 650. The summed E-state index contributed by atoms with van der Waals surface area (Å²) < 4.78 is 53.2. The van der Waals surface area contributed by atoms with Crippen LogP contribution in [0.2, 0.25) is 0 Å². The molecule has 0 radical (unpaired) electrons. The summed E-state index contributed by atoms with van der Waals surface area (Å²) in [6, 6.07) is 6.66. The highest BCUT2D eigenvalue weighted by molar-refractivity contribution is 5.33. The van der Waals surface area contributed by atoms with Gasteiger partial charge in [-0.15, -0.1) is 0 Å². The van der Waals surface area contributed by atoms with Crippen LogP contribution >= 0.6 is 0 Å². The van der Waals surface area contributed by atoms with Gasteiger partial charge in [0.1, 0.15) is 5.82 Å². The van der Waals surface area contributed by atoms with Crippen LogP contribution in [0.15, 0.2) is 36.4 Å². The van der Waals surface area contributed by atoms with Crippen molar-refractivity contribution >= 4 is 0 Å². The van der Waals surface area contributed by atoms with E-state index in [1.165, 1.54) is 24.3 Å². The summed E-state index contributed by atoms with van der Waals surface area (Å²) in [5, 5.41) is 0. The predicted molar refractivity (Wildman–Crippen MR) is 72.7 cm³/mol. The summed E-state index contributed by atoms with van der Waals surface area (Å²) in [5.74, 6) is -4.50. The van der Waals surface area contributed by atoms with Crippen LogP contribution in [0.1, 0.15) is 31.0 Å². The van der Waals surface area contributed by atoms with Gasteiger partial charge in [-0.2, -0.15) is 0 Å². The molecule has 0 aliphatic carbocycles. The minimum atomic E-state index is -1.54. The van der Waals surface area contributed by atoms with Gasteiger partial charge in [0, 0.05) is 17.0 Å². The molecule has 5 heteroatoms. The molecule has 0 fully saturated rings. The molecular formula is C16H15F4N. The molecule has 112 valence electrons. The van der Waals surface area contributed by atoms with Crippen LogP contribution in [-0.4, -0.2) is 0 Å². The summed E-state index contributed by atoms with van der Waals surface area (Å²) >= 11 is 0. The first kappa shape index (κ1) is 15.5. The van der Waals surface area contributed by atoms with E-state index in [9.17, 15) is 17.6 Å². The van der Waals surface area contributed by atoms with E-state index in [0.717, 1.165) is 12.1 Å². The summed E-state index contributed by atoms with van der Waals surface area (Å²) in [4.78, 5) is 0. The van der Waals surface area contributed by atoms with Crippen LogP contribution in [0, 0.1) is 23.3 Å². The van der Waals surface area contributed by atoms with Gasteiger partial charge < -0.3 is 5.73 Å². The lowest BCUT2D eigenvalue weighted by Crippen LogP contribution is -2.34. The van der Waals surface area contributed by atoms with Crippen molar-refractivity contribution in [3.05, 3.63) is 70.8 Å². The molecule has 2 rings (SSSR count). The zero-order chi connectivity index (χ0) is 15.8. The topological polar surface area (TPSA) is 26.0 Å². The Kier molecular flexibility index (Phi) is 4.05. The minimum absolute atomic E-state index is 0.122. The van der Waals surface area contributed by atoms with Crippen molar-refractivity contribution < 1.29 is 17.6 Å². The van der Waals surface area contributed by atoms with Crippen LogP contribution in [0.4, 0.5) is 17.6 Å². The van der Waals surface area contributed by atoms with Crippen molar-refractivity contribution in [2.24, 2.45) is 5.73 Å². The zero-order valence-electron chi connectivity index (χ0n) is 11.6. The fraction of sp³-hybridized carbons (Fsp3) is 0.250. The fourth-order valence-corrected chi connectivity index (χ4v) is 2.23. The first-order chi connectivity index (χ1) is 9.75. The van der Waals surface area contributed by atoms with Gasteiger partial charge in [0.15, 0.2) is 17.5 Å². The smallest absolute Gasteiger partial charge is 0.194 e. The molecule has 2 aromatic rings. The molecule has 0 bridgehead atoms. The van der Waals surface area contributed by atoms with Crippen molar-refractivity contribution in [2.45, 2.75) is 25.3 Å². The quantitative estimate of drug-likeness (QED) is 0.666. The Morgan fingerprint density at radius 1 is 0.857 bits per heavy atom. The molecule has 0 amide bonds. The molecule has 0 heterocycles. The van der Waals surface area contributed by atoms with E-state index in [1.807, 2.05) is 0 Å². The standard InChI is InChI=1S/C16H15F4N/c1-16(2,9-3-5-10(17)6-4-9)15(21)11-7-8-12(18)14(20)13(11)19/h3-8,15H,21H2,1-2H3. The Morgan fingerprint density at radius 2 is 1.43 bits per heavy atom. The SMILES string of the molecule is CC(C)(c1ccc(F)cc1)C(N)c1ccc(F)c(F)c1F. The maximum atomic E-state index is 13.9. The molecule has 0 saturated heterocycles. The fourth-order valence-electron chi connectivity index (χ4n) is 2.23. The second-order valence-electron chi connectivity index (χ2n) is 5.47. The third-order valence-electron chi connectivity index (χ3n) is 3.77. The number of halogens is 4. The average molecular weight is 297 g/mol. The Hall–Kier alpha value is -1.88. The van der Waals surface area contributed by atoms with Crippen molar-refractivity contribution in [3.8, 4) is 0 Å². The zero-order valence-corrected chi connectivity index (χ0v) is 11.6.